The van der Waals surface area contributed by atoms with Crippen LogP contribution < -0.4 is 23.5 Å². The van der Waals surface area contributed by atoms with Crippen LogP contribution in [-0.2, 0) is 13.0 Å². The molecular weight excluding hydrogens is 366 g/mol. The molecule has 2 heterocycles. The lowest BCUT2D eigenvalue weighted by molar-refractivity contribution is -0.686. The van der Waals surface area contributed by atoms with Gasteiger partial charge < -0.3 is 18.9 Å². The lowest BCUT2D eigenvalue weighted by Gasteiger charge is -2.19. The molecule has 0 fully saturated rings. The van der Waals surface area contributed by atoms with Crippen LogP contribution in [0.3, 0.4) is 0 Å². The summed E-state index contributed by atoms with van der Waals surface area (Å²) < 4.78 is 24.3. The molecule has 27 heavy (non-hydrogen) atoms. The minimum Gasteiger partial charge on any atom is -0.493 e. The standard InChI is InChI=1S/C21H22NO4.ClH/c1-23-18-6-5-13-9-17-15-11-20(25-3)19(24-2)10-14(15)7-8-22(17)12-16(13)21(18)26-4;/h5-6,9-12H,7-8H2,1-4H3;1H/q+1;. The molecule has 0 unspecified atom stereocenters. The van der Waals surface area contributed by atoms with Crippen LogP contribution in [0.5, 0.6) is 23.0 Å². The summed E-state index contributed by atoms with van der Waals surface area (Å²) in [5.74, 6) is 3.01. The van der Waals surface area contributed by atoms with E-state index in [4.69, 9.17) is 18.9 Å². The summed E-state index contributed by atoms with van der Waals surface area (Å²) in [7, 11) is 6.67. The first-order chi connectivity index (χ1) is 12.7. The zero-order valence-corrected chi connectivity index (χ0v) is 16.7. The van der Waals surface area contributed by atoms with Gasteiger partial charge in [0.25, 0.3) is 0 Å². The average Bonchev–Trinajstić information content (AvgIpc) is 2.70. The average molecular weight is 389 g/mol. The van der Waals surface area contributed by atoms with Crippen LogP contribution in [-0.4, -0.2) is 28.4 Å². The van der Waals surface area contributed by atoms with Crippen LogP contribution in [0.4, 0.5) is 0 Å². The summed E-state index contributed by atoms with van der Waals surface area (Å²) in [4.78, 5) is 0. The molecule has 0 spiro atoms. The molecule has 0 bridgehead atoms. The molecule has 0 saturated heterocycles. The molecule has 1 aliphatic rings. The number of pyridine rings is 1. The number of nitrogens with zero attached hydrogens (tertiary/aromatic N) is 1. The van der Waals surface area contributed by atoms with Gasteiger partial charge in [-0.3, -0.25) is 0 Å². The van der Waals surface area contributed by atoms with Gasteiger partial charge in [-0.15, -0.1) is 12.4 Å². The quantitative estimate of drug-likeness (QED) is 0.637. The van der Waals surface area contributed by atoms with Crippen molar-refractivity contribution in [1.29, 1.82) is 0 Å². The summed E-state index contributed by atoms with van der Waals surface area (Å²) in [5.41, 5.74) is 3.60. The molecule has 4 rings (SSSR count). The molecule has 0 N–H and O–H groups in total. The summed E-state index contributed by atoms with van der Waals surface area (Å²) in [5, 5.41) is 2.15. The monoisotopic (exact) mass is 388 g/mol. The number of benzene rings is 2. The molecule has 5 nitrogen and oxygen atoms in total. The molecule has 0 amide bonds. The highest BCUT2D eigenvalue weighted by Gasteiger charge is 2.27. The number of aromatic nitrogens is 1. The van der Waals surface area contributed by atoms with Gasteiger partial charge in [0.1, 0.15) is 0 Å². The van der Waals surface area contributed by atoms with Gasteiger partial charge in [-0.25, -0.2) is 0 Å². The van der Waals surface area contributed by atoms with Crippen LogP contribution in [0.2, 0.25) is 0 Å². The summed E-state index contributed by atoms with van der Waals surface area (Å²) in [6.45, 7) is 0.897. The number of aryl methyl sites for hydroxylation is 2. The van der Waals surface area contributed by atoms with Crippen LogP contribution in [0.25, 0.3) is 22.0 Å². The maximum atomic E-state index is 5.60. The van der Waals surface area contributed by atoms with Crippen molar-refractivity contribution in [3.05, 3.63) is 42.1 Å². The fraction of sp³-hybridized carbons (Fsp3) is 0.286. The maximum Gasteiger partial charge on any atom is 0.213 e. The molecule has 0 atom stereocenters. The number of ether oxygens (including phenoxy) is 4. The smallest absolute Gasteiger partial charge is 0.213 e. The Hall–Kier alpha value is -2.66. The minimum absolute atomic E-state index is 0. The third-order valence-electron chi connectivity index (χ3n) is 5.01. The van der Waals surface area contributed by atoms with Gasteiger partial charge in [-0.2, -0.15) is 4.57 Å². The Morgan fingerprint density at radius 1 is 0.815 bits per heavy atom. The molecular formula is C21H23ClNO4+. The minimum atomic E-state index is 0. The van der Waals surface area contributed by atoms with Crippen LogP contribution in [0.15, 0.2) is 36.5 Å². The second-order valence-corrected chi connectivity index (χ2v) is 6.27. The molecule has 2 aromatic carbocycles. The zero-order chi connectivity index (χ0) is 18.3. The first-order valence-electron chi connectivity index (χ1n) is 8.53. The third-order valence-corrected chi connectivity index (χ3v) is 5.01. The lowest BCUT2D eigenvalue weighted by Crippen LogP contribution is -2.40. The topological polar surface area (TPSA) is 40.8 Å². The maximum absolute atomic E-state index is 5.60. The van der Waals surface area contributed by atoms with Crippen LogP contribution >= 0.6 is 12.4 Å². The van der Waals surface area contributed by atoms with Gasteiger partial charge in [0.05, 0.1) is 39.4 Å². The van der Waals surface area contributed by atoms with Crippen molar-refractivity contribution in [2.75, 3.05) is 28.4 Å². The summed E-state index contributed by atoms with van der Waals surface area (Å²) >= 11 is 0. The van der Waals surface area contributed by atoms with Crippen LogP contribution in [0.1, 0.15) is 5.56 Å². The highest BCUT2D eigenvalue weighted by molar-refractivity contribution is 5.91. The lowest BCUT2D eigenvalue weighted by atomic mass is 9.95. The van der Waals surface area contributed by atoms with E-state index in [1.54, 1.807) is 28.4 Å². The Labute approximate surface area is 164 Å². The Morgan fingerprint density at radius 2 is 1.52 bits per heavy atom. The van der Waals surface area contributed by atoms with Gasteiger partial charge in [0.15, 0.2) is 35.7 Å². The number of methoxy groups -OCH3 is 4. The Balaban J connectivity index is 0.00000210. The fourth-order valence-corrected chi connectivity index (χ4v) is 3.71. The molecule has 0 aliphatic carbocycles. The van der Waals surface area contributed by atoms with E-state index in [9.17, 15) is 0 Å². The Morgan fingerprint density at radius 3 is 2.19 bits per heavy atom. The largest absolute Gasteiger partial charge is 0.493 e. The van der Waals surface area contributed by atoms with Gasteiger partial charge in [-0.1, -0.05) is 0 Å². The van der Waals surface area contributed by atoms with E-state index in [1.807, 2.05) is 6.07 Å². The van der Waals surface area contributed by atoms with E-state index in [1.165, 1.54) is 11.1 Å². The van der Waals surface area contributed by atoms with Gasteiger partial charge in [0.2, 0.25) is 5.69 Å². The van der Waals surface area contributed by atoms with Crippen molar-refractivity contribution in [1.82, 2.24) is 0 Å². The van der Waals surface area contributed by atoms with Crippen molar-refractivity contribution < 1.29 is 23.5 Å². The van der Waals surface area contributed by atoms with Crippen LogP contribution in [0, 0.1) is 0 Å². The van der Waals surface area contributed by atoms with E-state index in [2.05, 4.69) is 35.0 Å². The van der Waals surface area contributed by atoms with Crippen molar-refractivity contribution in [3.63, 3.8) is 0 Å². The van der Waals surface area contributed by atoms with Gasteiger partial charge in [-0.05, 0) is 35.2 Å². The fourth-order valence-electron chi connectivity index (χ4n) is 3.71. The number of fused-ring (bicyclic) bond motifs is 4. The van der Waals surface area contributed by atoms with Crippen molar-refractivity contribution in [2.24, 2.45) is 0 Å². The van der Waals surface area contributed by atoms with Gasteiger partial charge in [0, 0.05) is 12.5 Å². The number of rotatable bonds is 4. The van der Waals surface area contributed by atoms with E-state index < -0.39 is 0 Å². The molecule has 3 aromatic rings. The number of hydrogen-bond donors (Lipinski definition) is 0. The zero-order valence-electron chi connectivity index (χ0n) is 15.9. The highest BCUT2D eigenvalue weighted by Crippen LogP contribution is 2.39. The predicted molar refractivity (Wildman–Crippen MR) is 107 cm³/mol. The third kappa shape index (κ3) is 3.02. The van der Waals surface area contributed by atoms with E-state index >= 15 is 0 Å². The second kappa shape index (κ2) is 7.53. The predicted octanol–water partition coefficient (Wildman–Crippen LogP) is 3.81. The molecule has 1 aromatic heterocycles. The first kappa shape index (κ1) is 19.1. The SMILES string of the molecule is COc1cc2c(cc1OC)-c1cc3ccc(OC)c(OC)c3c[n+]1CC2.Cl. The van der Waals surface area contributed by atoms with Crippen molar-refractivity contribution in [3.8, 4) is 34.3 Å². The molecule has 1 aliphatic heterocycles. The highest BCUT2D eigenvalue weighted by atomic mass is 35.5. The Kier molecular flexibility index (Phi) is 5.33. The normalized spacial score (nSPS) is 11.9. The van der Waals surface area contributed by atoms with E-state index in [0.717, 1.165) is 52.4 Å². The number of halogens is 1. The van der Waals surface area contributed by atoms with E-state index in [0.29, 0.717) is 0 Å². The molecule has 6 heteroatoms. The molecule has 0 saturated carbocycles. The number of hydrogen-bond acceptors (Lipinski definition) is 4. The van der Waals surface area contributed by atoms with Gasteiger partial charge >= 0.3 is 0 Å². The Bertz CT molecular complexity index is 1000. The first-order valence-corrected chi connectivity index (χ1v) is 8.53. The summed E-state index contributed by atoms with van der Waals surface area (Å²) in [6, 6.07) is 10.3. The molecule has 142 valence electrons. The van der Waals surface area contributed by atoms with E-state index in [-0.39, 0.29) is 12.4 Å². The summed E-state index contributed by atoms with van der Waals surface area (Å²) in [6.07, 6.45) is 3.08. The second-order valence-electron chi connectivity index (χ2n) is 6.27. The van der Waals surface area contributed by atoms with Crippen molar-refractivity contribution in [2.45, 2.75) is 13.0 Å². The van der Waals surface area contributed by atoms with Crippen molar-refractivity contribution >= 4 is 23.2 Å². The molecule has 0 radical (unpaired) electrons.